The smallest absolute Gasteiger partial charge is 0.271 e. The molecule has 0 saturated carbocycles. The molecule has 21 heavy (non-hydrogen) atoms. The van der Waals surface area contributed by atoms with Crippen LogP contribution >= 0.6 is 0 Å². The molecule has 0 bridgehead atoms. The predicted octanol–water partition coefficient (Wildman–Crippen LogP) is 2.05. The quantitative estimate of drug-likeness (QED) is 0.763. The molecule has 108 valence electrons. The van der Waals surface area contributed by atoms with Crippen molar-refractivity contribution < 1.29 is 4.79 Å². The minimum absolute atomic E-state index is 0.214. The second-order valence-electron chi connectivity index (χ2n) is 4.45. The van der Waals surface area contributed by atoms with Crippen LogP contribution < -0.4 is 10.6 Å². The van der Waals surface area contributed by atoms with Gasteiger partial charge in [-0.25, -0.2) is 9.97 Å². The number of hydrogen-bond acceptors (Lipinski definition) is 4. The van der Waals surface area contributed by atoms with Gasteiger partial charge in [0, 0.05) is 13.1 Å². The number of aromatic nitrogens is 2. The molecule has 1 heterocycles. The van der Waals surface area contributed by atoms with Crippen molar-refractivity contribution in [2.45, 2.75) is 6.42 Å². The summed E-state index contributed by atoms with van der Waals surface area (Å²) in [4.78, 5) is 20.1. The summed E-state index contributed by atoms with van der Waals surface area (Å²) in [6.07, 6.45) is 5.52. The molecule has 5 nitrogen and oxygen atoms in total. The zero-order valence-electron chi connectivity index (χ0n) is 11.7. The molecule has 0 saturated heterocycles. The highest BCUT2D eigenvalue weighted by molar-refractivity contribution is 5.91. The van der Waals surface area contributed by atoms with Gasteiger partial charge in [-0.3, -0.25) is 4.79 Å². The highest BCUT2D eigenvalue weighted by Gasteiger charge is 2.07. The van der Waals surface area contributed by atoms with E-state index in [1.165, 1.54) is 18.0 Å². The standard InChI is InChI=1S/C16H18N4O/c1-2-9-17-15-12-19-14(11-20-15)16(21)18-10-8-13-6-4-3-5-7-13/h2-7,11-12H,1,8-10H2,(H,17,20)(H,18,21). The lowest BCUT2D eigenvalue weighted by Crippen LogP contribution is -2.26. The number of carbonyl (C=O) groups is 1. The van der Waals surface area contributed by atoms with Crippen LogP contribution in [0.5, 0.6) is 0 Å². The van der Waals surface area contributed by atoms with Crippen molar-refractivity contribution in [1.29, 1.82) is 0 Å². The monoisotopic (exact) mass is 282 g/mol. The van der Waals surface area contributed by atoms with Crippen LogP contribution in [-0.4, -0.2) is 29.0 Å². The summed E-state index contributed by atoms with van der Waals surface area (Å²) in [7, 11) is 0. The van der Waals surface area contributed by atoms with Gasteiger partial charge in [0.25, 0.3) is 5.91 Å². The summed E-state index contributed by atoms with van der Waals surface area (Å²) in [5, 5.41) is 5.83. The van der Waals surface area contributed by atoms with Gasteiger partial charge in [-0.1, -0.05) is 36.4 Å². The number of anilines is 1. The van der Waals surface area contributed by atoms with Crippen LogP contribution in [0.3, 0.4) is 0 Å². The molecular weight excluding hydrogens is 264 g/mol. The topological polar surface area (TPSA) is 66.9 Å². The lowest BCUT2D eigenvalue weighted by atomic mass is 10.1. The van der Waals surface area contributed by atoms with E-state index in [2.05, 4.69) is 27.2 Å². The molecule has 0 unspecified atom stereocenters. The van der Waals surface area contributed by atoms with Crippen LogP contribution in [0.25, 0.3) is 0 Å². The Balaban J connectivity index is 1.81. The van der Waals surface area contributed by atoms with Crippen LogP contribution in [0.4, 0.5) is 5.82 Å². The third-order valence-electron chi connectivity index (χ3n) is 2.85. The Hall–Kier alpha value is -2.69. The van der Waals surface area contributed by atoms with Crippen LogP contribution in [0.15, 0.2) is 55.4 Å². The molecule has 1 aromatic carbocycles. The number of nitrogens with one attached hydrogen (secondary N) is 2. The van der Waals surface area contributed by atoms with Gasteiger partial charge in [0.1, 0.15) is 11.5 Å². The molecule has 0 spiro atoms. The van der Waals surface area contributed by atoms with Crippen LogP contribution in [0, 0.1) is 0 Å². The van der Waals surface area contributed by atoms with E-state index >= 15 is 0 Å². The summed E-state index contributed by atoms with van der Waals surface area (Å²) in [5.41, 5.74) is 1.50. The van der Waals surface area contributed by atoms with Gasteiger partial charge in [-0.05, 0) is 12.0 Å². The number of carbonyl (C=O) groups excluding carboxylic acids is 1. The summed E-state index contributed by atoms with van der Waals surface area (Å²) in [6.45, 7) is 4.78. The molecule has 1 amide bonds. The van der Waals surface area contributed by atoms with Crippen molar-refractivity contribution in [3.8, 4) is 0 Å². The normalized spacial score (nSPS) is 9.90. The maximum absolute atomic E-state index is 11.9. The molecule has 1 aromatic heterocycles. The van der Waals surface area contributed by atoms with Gasteiger partial charge in [-0.2, -0.15) is 0 Å². The van der Waals surface area contributed by atoms with Crippen LogP contribution in [0.1, 0.15) is 16.1 Å². The first kappa shape index (κ1) is 14.7. The van der Waals surface area contributed by atoms with E-state index in [-0.39, 0.29) is 5.91 Å². The van der Waals surface area contributed by atoms with E-state index in [1.54, 1.807) is 6.08 Å². The van der Waals surface area contributed by atoms with Gasteiger partial charge < -0.3 is 10.6 Å². The first-order valence-electron chi connectivity index (χ1n) is 6.78. The predicted molar refractivity (Wildman–Crippen MR) is 83.2 cm³/mol. The fourth-order valence-corrected chi connectivity index (χ4v) is 1.77. The summed E-state index contributed by atoms with van der Waals surface area (Å²) < 4.78 is 0. The highest BCUT2D eigenvalue weighted by atomic mass is 16.1. The van der Waals surface area contributed by atoms with Gasteiger partial charge in [0.2, 0.25) is 0 Å². The van der Waals surface area contributed by atoms with Gasteiger partial charge >= 0.3 is 0 Å². The number of amides is 1. The molecule has 0 radical (unpaired) electrons. The number of nitrogens with zero attached hydrogens (tertiary/aromatic N) is 2. The average Bonchev–Trinajstić information content (AvgIpc) is 2.54. The Morgan fingerprint density at radius 3 is 2.67 bits per heavy atom. The molecule has 0 atom stereocenters. The maximum atomic E-state index is 11.9. The van der Waals surface area contributed by atoms with E-state index in [1.807, 2.05) is 30.3 Å². The van der Waals surface area contributed by atoms with E-state index < -0.39 is 0 Å². The molecule has 0 aliphatic rings. The van der Waals surface area contributed by atoms with E-state index in [4.69, 9.17) is 0 Å². The Kier molecular flexibility index (Phi) is 5.46. The zero-order chi connectivity index (χ0) is 14.9. The third kappa shape index (κ3) is 4.72. The first-order valence-corrected chi connectivity index (χ1v) is 6.78. The Labute approximate surface area is 124 Å². The van der Waals surface area contributed by atoms with Crippen LogP contribution in [0.2, 0.25) is 0 Å². The lowest BCUT2D eigenvalue weighted by molar-refractivity contribution is 0.0949. The second-order valence-corrected chi connectivity index (χ2v) is 4.45. The van der Waals surface area contributed by atoms with Crippen LogP contribution in [-0.2, 0) is 6.42 Å². The number of rotatable bonds is 7. The fourth-order valence-electron chi connectivity index (χ4n) is 1.77. The Morgan fingerprint density at radius 1 is 1.19 bits per heavy atom. The molecule has 0 aliphatic carbocycles. The maximum Gasteiger partial charge on any atom is 0.271 e. The zero-order valence-corrected chi connectivity index (χ0v) is 11.7. The van der Waals surface area contributed by atoms with Gasteiger partial charge in [0.05, 0.1) is 12.4 Å². The number of hydrogen-bond donors (Lipinski definition) is 2. The summed E-state index contributed by atoms with van der Waals surface area (Å²) in [5.74, 6) is 0.407. The molecular formula is C16H18N4O. The lowest BCUT2D eigenvalue weighted by Gasteiger charge is -2.06. The molecule has 2 N–H and O–H groups in total. The second kappa shape index (κ2) is 7.79. The van der Waals surface area contributed by atoms with Crippen molar-refractivity contribution in [1.82, 2.24) is 15.3 Å². The van der Waals surface area contributed by atoms with Gasteiger partial charge in [0.15, 0.2) is 0 Å². The summed E-state index contributed by atoms with van der Waals surface area (Å²) >= 11 is 0. The molecule has 2 aromatic rings. The fraction of sp³-hybridized carbons (Fsp3) is 0.188. The largest absolute Gasteiger partial charge is 0.365 e. The van der Waals surface area contributed by atoms with Gasteiger partial charge in [-0.15, -0.1) is 6.58 Å². The van der Waals surface area contributed by atoms with Crippen molar-refractivity contribution in [2.24, 2.45) is 0 Å². The first-order chi connectivity index (χ1) is 10.3. The SMILES string of the molecule is C=CCNc1cnc(C(=O)NCCc2ccccc2)cn1. The third-order valence-corrected chi connectivity index (χ3v) is 2.85. The average molecular weight is 282 g/mol. The van der Waals surface area contributed by atoms with E-state index in [9.17, 15) is 4.79 Å². The van der Waals surface area contributed by atoms with Crippen molar-refractivity contribution in [2.75, 3.05) is 18.4 Å². The van der Waals surface area contributed by atoms with Crippen molar-refractivity contribution in [3.63, 3.8) is 0 Å². The Bertz CT molecular complexity index is 581. The van der Waals surface area contributed by atoms with Crippen molar-refractivity contribution in [3.05, 3.63) is 66.6 Å². The minimum atomic E-state index is -0.214. The molecule has 0 fully saturated rings. The highest BCUT2D eigenvalue weighted by Crippen LogP contribution is 2.01. The minimum Gasteiger partial charge on any atom is -0.365 e. The number of benzene rings is 1. The van der Waals surface area contributed by atoms with Crippen molar-refractivity contribution >= 4 is 11.7 Å². The van der Waals surface area contributed by atoms with E-state index in [0.717, 1.165) is 6.42 Å². The van der Waals surface area contributed by atoms with E-state index in [0.29, 0.717) is 24.6 Å². The molecule has 5 heteroatoms. The summed E-state index contributed by atoms with van der Waals surface area (Å²) in [6, 6.07) is 10.0. The molecule has 2 rings (SSSR count). The Morgan fingerprint density at radius 2 is 2.00 bits per heavy atom. The molecule has 0 aliphatic heterocycles.